The monoisotopic (exact) mass is 463 g/mol. The molecule has 5 rings (SSSR count). The van der Waals surface area contributed by atoms with Crippen LogP contribution in [0.4, 0.5) is 9.18 Å². The number of carbonyl (C=O) groups is 2. The number of benzene rings is 2. The molecule has 34 heavy (non-hydrogen) atoms. The van der Waals surface area contributed by atoms with Crippen molar-refractivity contribution in [2.45, 2.75) is 18.8 Å². The van der Waals surface area contributed by atoms with Crippen LogP contribution in [-0.4, -0.2) is 72.6 Å². The third-order valence-corrected chi connectivity index (χ3v) is 7.09. The lowest BCUT2D eigenvalue weighted by Crippen LogP contribution is -2.40. The number of amides is 3. The fraction of sp³-hybridized carbons (Fsp3) is 0.385. The minimum Gasteiger partial charge on any atom is -0.355 e. The Morgan fingerprint density at radius 3 is 2.53 bits per heavy atom. The van der Waals surface area contributed by atoms with Gasteiger partial charge in [-0.1, -0.05) is 0 Å². The zero-order valence-corrected chi connectivity index (χ0v) is 19.4. The molecule has 2 aliphatic heterocycles. The number of halogens is 1. The van der Waals surface area contributed by atoms with E-state index in [2.05, 4.69) is 26.3 Å². The van der Waals surface area contributed by atoms with Crippen LogP contribution in [0.3, 0.4) is 0 Å². The number of nitrogens with zero attached hydrogens (tertiary/aromatic N) is 3. The summed E-state index contributed by atoms with van der Waals surface area (Å²) in [6.07, 6.45) is 4.18. The number of rotatable bonds is 6. The molecule has 0 bridgehead atoms. The number of hydrogen-bond donors (Lipinski definition) is 2. The van der Waals surface area contributed by atoms with Crippen LogP contribution in [0, 0.1) is 5.82 Å². The molecule has 3 aromatic rings. The van der Waals surface area contributed by atoms with Gasteiger partial charge in [0.1, 0.15) is 5.82 Å². The van der Waals surface area contributed by atoms with Crippen molar-refractivity contribution in [1.29, 1.82) is 0 Å². The molecule has 3 amide bonds. The van der Waals surface area contributed by atoms with Crippen molar-refractivity contribution in [3.63, 3.8) is 0 Å². The van der Waals surface area contributed by atoms with Gasteiger partial charge >= 0.3 is 6.03 Å². The minimum absolute atomic E-state index is 0.0374. The van der Waals surface area contributed by atoms with Crippen molar-refractivity contribution in [3.8, 4) is 5.69 Å². The Bertz CT molecular complexity index is 1200. The highest BCUT2D eigenvalue weighted by Crippen LogP contribution is 2.36. The summed E-state index contributed by atoms with van der Waals surface area (Å²) in [5.74, 6) is -0.000237. The van der Waals surface area contributed by atoms with Gasteiger partial charge in [-0.3, -0.25) is 4.79 Å². The van der Waals surface area contributed by atoms with Crippen molar-refractivity contribution < 1.29 is 14.0 Å². The molecular formula is C26H30FN5O2. The molecule has 2 fully saturated rings. The molecule has 2 aromatic carbocycles. The van der Waals surface area contributed by atoms with E-state index in [-0.39, 0.29) is 17.8 Å². The van der Waals surface area contributed by atoms with E-state index in [1.807, 2.05) is 23.1 Å². The van der Waals surface area contributed by atoms with Crippen LogP contribution in [0.2, 0.25) is 0 Å². The second kappa shape index (κ2) is 9.46. The molecule has 2 aliphatic rings. The van der Waals surface area contributed by atoms with E-state index in [1.165, 1.54) is 17.7 Å². The molecule has 0 spiro atoms. The normalized spacial score (nSPS) is 17.4. The van der Waals surface area contributed by atoms with E-state index < -0.39 is 0 Å². The van der Waals surface area contributed by atoms with E-state index in [9.17, 15) is 14.0 Å². The number of aromatic nitrogens is 1. The number of piperidine rings is 1. The Morgan fingerprint density at radius 2 is 1.85 bits per heavy atom. The number of carbonyl (C=O) groups excluding carboxylic acids is 2. The Labute approximate surface area is 198 Å². The van der Waals surface area contributed by atoms with Crippen molar-refractivity contribution in [2.24, 2.45) is 0 Å². The molecule has 2 saturated heterocycles. The SMILES string of the molecule is CNC(=O)c1ccc2c(c1)c(C1CCN(CCN3CCNC3=O)CC1)cn2-c1ccc(F)cc1. The maximum atomic E-state index is 13.5. The predicted molar refractivity (Wildman–Crippen MR) is 130 cm³/mol. The molecule has 178 valence electrons. The number of urea groups is 1. The topological polar surface area (TPSA) is 69.6 Å². The minimum atomic E-state index is -0.263. The summed E-state index contributed by atoms with van der Waals surface area (Å²) >= 11 is 0. The van der Waals surface area contributed by atoms with Crippen LogP contribution in [0.1, 0.15) is 34.7 Å². The zero-order valence-electron chi connectivity index (χ0n) is 19.4. The summed E-state index contributed by atoms with van der Waals surface area (Å²) in [6, 6.07) is 12.3. The maximum absolute atomic E-state index is 13.5. The molecule has 0 saturated carbocycles. The van der Waals surface area contributed by atoms with Gasteiger partial charge in [-0.2, -0.15) is 0 Å². The molecule has 8 heteroatoms. The Kier molecular flexibility index (Phi) is 6.24. The first-order valence-electron chi connectivity index (χ1n) is 11.9. The van der Waals surface area contributed by atoms with E-state index >= 15 is 0 Å². The number of hydrogen-bond acceptors (Lipinski definition) is 3. The summed E-state index contributed by atoms with van der Waals surface area (Å²) in [4.78, 5) is 28.4. The number of fused-ring (bicyclic) bond motifs is 1. The summed E-state index contributed by atoms with van der Waals surface area (Å²) in [5, 5.41) is 6.63. The van der Waals surface area contributed by atoms with Crippen LogP contribution in [0.25, 0.3) is 16.6 Å². The zero-order chi connectivity index (χ0) is 23.7. The Hall–Kier alpha value is -3.39. The van der Waals surface area contributed by atoms with Gasteiger partial charge in [0.15, 0.2) is 0 Å². The van der Waals surface area contributed by atoms with Crippen LogP contribution >= 0.6 is 0 Å². The first-order chi connectivity index (χ1) is 16.5. The van der Waals surface area contributed by atoms with Crippen molar-refractivity contribution in [3.05, 3.63) is 65.6 Å². The largest absolute Gasteiger partial charge is 0.355 e. The summed E-state index contributed by atoms with van der Waals surface area (Å²) in [5.41, 5.74) is 3.77. The second-order valence-corrected chi connectivity index (χ2v) is 9.08. The average molecular weight is 464 g/mol. The van der Waals surface area contributed by atoms with E-state index in [4.69, 9.17) is 0 Å². The van der Waals surface area contributed by atoms with Gasteiger partial charge in [-0.15, -0.1) is 0 Å². The van der Waals surface area contributed by atoms with Crippen LogP contribution in [0.5, 0.6) is 0 Å². The average Bonchev–Trinajstić information content (AvgIpc) is 3.46. The fourth-order valence-corrected chi connectivity index (χ4v) is 5.14. The van der Waals surface area contributed by atoms with Crippen molar-refractivity contribution in [1.82, 2.24) is 25.0 Å². The second-order valence-electron chi connectivity index (χ2n) is 9.08. The number of nitrogens with one attached hydrogen (secondary N) is 2. The highest BCUT2D eigenvalue weighted by Gasteiger charge is 2.26. The first-order valence-corrected chi connectivity index (χ1v) is 11.9. The van der Waals surface area contributed by atoms with Gasteiger partial charge in [0.05, 0.1) is 5.52 Å². The quantitative estimate of drug-likeness (QED) is 0.589. The van der Waals surface area contributed by atoms with Crippen LogP contribution < -0.4 is 10.6 Å². The smallest absolute Gasteiger partial charge is 0.317 e. The number of likely N-dealkylation sites (tertiary alicyclic amines) is 1. The van der Waals surface area contributed by atoms with Crippen LogP contribution in [0.15, 0.2) is 48.7 Å². The van der Waals surface area contributed by atoms with E-state index in [1.54, 1.807) is 19.2 Å². The lowest BCUT2D eigenvalue weighted by molar-refractivity contribution is 0.0963. The maximum Gasteiger partial charge on any atom is 0.317 e. The van der Waals surface area contributed by atoms with Gasteiger partial charge < -0.3 is 25.0 Å². The summed E-state index contributed by atoms with van der Waals surface area (Å²) < 4.78 is 15.6. The van der Waals surface area contributed by atoms with Crippen molar-refractivity contribution >= 4 is 22.8 Å². The highest BCUT2D eigenvalue weighted by molar-refractivity contribution is 5.99. The van der Waals surface area contributed by atoms with Crippen molar-refractivity contribution in [2.75, 3.05) is 46.3 Å². The van der Waals surface area contributed by atoms with E-state index in [0.717, 1.165) is 68.7 Å². The molecule has 3 heterocycles. The highest BCUT2D eigenvalue weighted by atomic mass is 19.1. The lowest BCUT2D eigenvalue weighted by atomic mass is 9.89. The third-order valence-electron chi connectivity index (χ3n) is 7.09. The summed E-state index contributed by atoms with van der Waals surface area (Å²) in [6.45, 7) is 5.11. The Balaban J connectivity index is 1.39. The lowest BCUT2D eigenvalue weighted by Gasteiger charge is -2.32. The van der Waals surface area contributed by atoms with Gasteiger partial charge in [-0.05, 0) is 79.9 Å². The van der Waals surface area contributed by atoms with Gasteiger partial charge in [0.2, 0.25) is 0 Å². The van der Waals surface area contributed by atoms with Gasteiger partial charge in [0.25, 0.3) is 5.91 Å². The standard InChI is InChI=1S/C26H30FN5O2/c1-28-25(33)19-2-7-24-22(16-19)23(17-32(24)21-5-3-20(27)4-6-21)18-8-11-30(12-9-18)14-15-31-13-10-29-26(31)34/h2-7,16-18H,8-15H2,1H3,(H,28,33)(H,29,34). The molecule has 2 N–H and O–H groups in total. The molecule has 7 nitrogen and oxygen atoms in total. The summed E-state index contributed by atoms with van der Waals surface area (Å²) in [7, 11) is 1.64. The molecule has 0 aliphatic carbocycles. The fourth-order valence-electron chi connectivity index (χ4n) is 5.14. The molecule has 0 unspecified atom stereocenters. The molecular weight excluding hydrogens is 433 g/mol. The Morgan fingerprint density at radius 1 is 1.09 bits per heavy atom. The third kappa shape index (κ3) is 4.37. The van der Waals surface area contributed by atoms with E-state index in [0.29, 0.717) is 11.5 Å². The van der Waals surface area contributed by atoms with Gasteiger partial charge in [0, 0.05) is 56.1 Å². The molecule has 1 aromatic heterocycles. The van der Waals surface area contributed by atoms with Crippen LogP contribution in [-0.2, 0) is 0 Å². The molecule has 0 radical (unpaired) electrons. The molecule has 0 atom stereocenters. The van der Waals surface area contributed by atoms with Gasteiger partial charge in [-0.25, -0.2) is 9.18 Å². The first kappa shape index (κ1) is 22.4. The predicted octanol–water partition coefficient (Wildman–Crippen LogP) is 3.33.